The lowest BCUT2D eigenvalue weighted by molar-refractivity contribution is 0.0601. The average Bonchev–Trinajstić information content (AvgIpc) is 2.88. The van der Waals surface area contributed by atoms with Crippen molar-refractivity contribution in [3.05, 3.63) is 45.8 Å². The number of ether oxygens (including phenoxy) is 1. The van der Waals surface area contributed by atoms with E-state index in [2.05, 4.69) is 10.6 Å². The summed E-state index contributed by atoms with van der Waals surface area (Å²) in [5.41, 5.74) is 1.99. The summed E-state index contributed by atoms with van der Waals surface area (Å²) >= 11 is 6.64. The highest BCUT2D eigenvalue weighted by Gasteiger charge is 2.16. The molecule has 24 heavy (non-hydrogen) atoms. The molecule has 0 saturated carbocycles. The molecule has 0 amide bonds. The number of benzene rings is 1. The van der Waals surface area contributed by atoms with E-state index in [-0.39, 0.29) is 10.7 Å². The molecule has 0 spiro atoms. The van der Waals surface area contributed by atoms with Crippen molar-refractivity contribution < 1.29 is 19.4 Å². The largest absolute Gasteiger partial charge is 0.478 e. The minimum Gasteiger partial charge on any atom is -0.478 e. The van der Waals surface area contributed by atoms with Gasteiger partial charge >= 0.3 is 11.9 Å². The van der Waals surface area contributed by atoms with Crippen molar-refractivity contribution in [2.45, 2.75) is 13.8 Å². The quantitative estimate of drug-likeness (QED) is 0.564. The van der Waals surface area contributed by atoms with Crippen LogP contribution < -0.4 is 10.6 Å². The molecule has 0 bridgehead atoms. The molecule has 3 N–H and O–H groups in total. The molecule has 6 nitrogen and oxygen atoms in total. The number of thiocarbonyl (C=S) groups is 1. The van der Waals surface area contributed by atoms with E-state index in [1.165, 1.54) is 30.6 Å². The van der Waals surface area contributed by atoms with Gasteiger partial charge in [0.05, 0.1) is 18.2 Å². The summed E-state index contributed by atoms with van der Waals surface area (Å²) in [5, 5.41) is 15.8. The Hall–Kier alpha value is -2.45. The average molecular weight is 364 g/mol. The number of methoxy groups -OCH3 is 1. The third kappa shape index (κ3) is 4.09. The van der Waals surface area contributed by atoms with Crippen LogP contribution in [0.3, 0.4) is 0 Å². The predicted molar refractivity (Wildman–Crippen MR) is 98.4 cm³/mol. The summed E-state index contributed by atoms with van der Waals surface area (Å²) in [4.78, 5) is 23.8. The van der Waals surface area contributed by atoms with Crippen LogP contribution in [0.25, 0.3) is 0 Å². The maximum atomic E-state index is 11.8. The topological polar surface area (TPSA) is 87.7 Å². The van der Waals surface area contributed by atoms with Crippen molar-refractivity contribution >= 4 is 51.3 Å². The number of rotatable bonds is 4. The molecule has 2 rings (SSSR count). The van der Waals surface area contributed by atoms with Crippen molar-refractivity contribution in [3.8, 4) is 0 Å². The molecule has 2 aromatic rings. The number of hydrogen-bond donors (Lipinski definition) is 3. The van der Waals surface area contributed by atoms with Crippen molar-refractivity contribution in [2.24, 2.45) is 0 Å². The van der Waals surface area contributed by atoms with Crippen LogP contribution in [-0.4, -0.2) is 29.3 Å². The lowest BCUT2D eigenvalue weighted by atomic mass is 10.1. The Morgan fingerprint density at radius 2 is 1.92 bits per heavy atom. The molecule has 126 valence electrons. The maximum absolute atomic E-state index is 11.8. The lowest BCUT2D eigenvalue weighted by Crippen LogP contribution is -2.20. The summed E-state index contributed by atoms with van der Waals surface area (Å²) in [6, 6.07) is 6.45. The van der Waals surface area contributed by atoms with Crippen LogP contribution >= 0.6 is 23.6 Å². The van der Waals surface area contributed by atoms with Crippen molar-refractivity contribution in [1.82, 2.24) is 0 Å². The highest BCUT2D eigenvalue weighted by molar-refractivity contribution is 7.80. The highest BCUT2D eigenvalue weighted by Crippen LogP contribution is 2.28. The molecule has 0 atom stereocenters. The van der Waals surface area contributed by atoms with Gasteiger partial charge in [-0.1, -0.05) is 6.07 Å². The van der Waals surface area contributed by atoms with E-state index in [1.807, 2.05) is 13.8 Å². The van der Waals surface area contributed by atoms with E-state index < -0.39 is 11.9 Å². The van der Waals surface area contributed by atoms with Gasteiger partial charge in [0.1, 0.15) is 5.00 Å². The van der Waals surface area contributed by atoms with E-state index >= 15 is 0 Å². The summed E-state index contributed by atoms with van der Waals surface area (Å²) in [6.07, 6.45) is 0. The molecule has 8 heteroatoms. The van der Waals surface area contributed by atoms with Gasteiger partial charge in [-0.15, -0.1) is 11.3 Å². The number of esters is 1. The second kappa shape index (κ2) is 7.41. The number of hydrogen-bond acceptors (Lipinski definition) is 5. The summed E-state index contributed by atoms with van der Waals surface area (Å²) < 4.78 is 4.75. The minimum atomic E-state index is -1.02. The van der Waals surface area contributed by atoms with Gasteiger partial charge in [0.15, 0.2) is 5.11 Å². The molecule has 0 unspecified atom stereocenters. The second-order valence-electron chi connectivity index (χ2n) is 5.01. The first-order valence-corrected chi connectivity index (χ1v) is 8.15. The highest BCUT2D eigenvalue weighted by atomic mass is 32.1. The lowest BCUT2D eigenvalue weighted by Gasteiger charge is -2.13. The number of carboxylic acid groups (broad SMARTS) is 1. The van der Waals surface area contributed by atoms with E-state index in [9.17, 15) is 9.59 Å². The third-order valence-corrected chi connectivity index (χ3v) is 4.39. The number of carbonyl (C=O) groups is 2. The molecule has 0 fully saturated rings. The fourth-order valence-electron chi connectivity index (χ4n) is 2.02. The van der Waals surface area contributed by atoms with Gasteiger partial charge in [-0.25, -0.2) is 9.59 Å². The summed E-state index contributed by atoms with van der Waals surface area (Å²) in [6.45, 7) is 3.71. The molecule has 0 saturated heterocycles. The van der Waals surface area contributed by atoms with Crippen molar-refractivity contribution in [1.29, 1.82) is 0 Å². The number of aromatic carboxylic acids is 1. The number of nitrogens with one attached hydrogen (secondary N) is 2. The zero-order chi connectivity index (χ0) is 17.9. The van der Waals surface area contributed by atoms with Gasteiger partial charge in [0.2, 0.25) is 0 Å². The first-order chi connectivity index (χ1) is 11.3. The Morgan fingerprint density at radius 3 is 2.54 bits per heavy atom. The van der Waals surface area contributed by atoms with Crippen molar-refractivity contribution in [3.63, 3.8) is 0 Å². The molecule has 0 aliphatic heterocycles. The van der Waals surface area contributed by atoms with E-state index in [0.29, 0.717) is 16.3 Å². The van der Waals surface area contributed by atoms with Crippen LogP contribution in [0.2, 0.25) is 0 Å². The molecular weight excluding hydrogens is 348 g/mol. The fraction of sp³-hybridized carbons (Fsp3) is 0.188. The van der Waals surface area contributed by atoms with Gasteiger partial charge in [-0.05, 0) is 49.8 Å². The Bertz CT molecular complexity index is 814. The first-order valence-electron chi connectivity index (χ1n) is 6.92. The molecule has 1 heterocycles. The molecule has 0 aliphatic carbocycles. The Kier molecular flexibility index (Phi) is 5.53. The van der Waals surface area contributed by atoms with Crippen LogP contribution in [0.4, 0.5) is 10.7 Å². The summed E-state index contributed by atoms with van der Waals surface area (Å²) in [7, 11) is 1.32. The number of carbonyl (C=O) groups excluding carboxylic acids is 1. The molecular formula is C16H16N2O4S2. The Balaban J connectivity index is 2.19. The normalized spacial score (nSPS) is 10.1. The molecule has 1 aromatic carbocycles. The van der Waals surface area contributed by atoms with Crippen LogP contribution in [0.15, 0.2) is 24.3 Å². The predicted octanol–water partition coefficient (Wildman–Crippen LogP) is 3.66. The zero-order valence-electron chi connectivity index (χ0n) is 13.3. The van der Waals surface area contributed by atoms with Crippen LogP contribution in [0.1, 0.15) is 31.2 Å². The van der Waals surface area contributed by atoms with Crippen LogP contribution in [-0.2, 0) is 4.74 Å². The van der Waals surface area contributed by atoms with Gasteiger partial charge < -0.3 is 20.5 Å². The smallest absolute Gasteiger partial charge is 0.340 e. The maximum Gasteiger partial charge on any atom is 0.340 e. The van der Waals surface area contributed by atoms with Gasteiger partial charge in [-0.2, -0.15) is 0 Å². The van der Waals surface area contributed by atoms with Crippen molar-refractivity contribution in [2.75, 3.05) is 17.7 Å². The molecule has 1 aromatic heterocycles. The Labute approximate surface area is 148 Å². The van der Waals surface area contributed by atoms with Gasteiger partial charge in [-0.3, -0.25) is 0 Å². The number of aryl methyl sites for hydroxylation is 2. The fourth-order valence-corrected chi connectivity index (χ4v) is 3.20. The number of thiophene rings is 1. The van der Waals surface area contributed by atoms with Crippen LogP contribution in [0.5, 0.6) is 0 Å². The van der Waals surface area contributed by atoms with Gasteiger partial charge in [0, 0.05) is 10.6 Å². The molecule has 0 aliphatic rings. The minimum absolute atomic E-state index is 0.160. The second-order valence-corrected chi connectivity index (χ2v) is 6.67. The molecule has 0 radical (unpaired) electrons. The Morgan fingerprint density at radius 1 is 1.21 bits per heavy atom. The van der Waals surface area contributed by atoms with E-state index in [1.54, 1.807) is 12.1 Å². The zero-order valence-corrected chi connectivity index (χ0v) is 14.9. The monoisotopic (exact) mass is 364 g/mol. The third-order valence-electron chi connectivity index (χ3n) is 3.22. The standard InChI is InChI=1S/C16H16N2O4S2/c1-8-4-5-10(14(19)20)7-12(8)17-16(23)18-13-11(15(21)22-3)6-9(2)24-13/h4-7H,1-3H3,(H,19,20)(H2,17,18,23). The summed E-state index contributed by atoms with van der Waals surface area (Å²) in [5.74, 6) is -1.47. The van der Waals surface area contributed by atoms with Gasteiger partial charge in [0.25, 0.3) is 0 Å². The van der Waals surface area contributed by atoms with E-state index in [0.717, 1.165) is 10.4 Å². The first kappa shape index (κ1) is 17.9. The van der Waals surface area contributed by atoms with Crippen LogP contribution in [0, 0.1) is 13.8 Å². The van der Waals surface area contributed by atoms with E-state index in [4.69, 9.17) is 22.1 Å². The number of carboxylic acids is 1. The number of anilines is 2. The SMILES string of the molecule is COC(=O)c1cc(C)sc1NC(=S)Nc1cc(C(=O)O)ccc1C.